The van der Waals surface area contributed by atoms with Gasteiger partial charge in [0, 0.05) is 0 Å². The zero-order valence-electron chi connectivity index (χ0n) is 12.0. The van der Waals surface area contributed by atoms with Gasteiger partial charge in [-0.05, 0) is 24.3 Å². The number of methoxy groups -OCH3 is 1. The lowest BCUT2D eigenvalue weighted by molar-refractivity contribution is -0.384. The number of benzene rings is 1. The van der Waals surface area contributed by atoms with Gasteiger partial charge < -0.3 is 9.15 Å². The second-order valence-electron chi connectivity index (χ2n) is 4.43. The van der Waals surface area contributed by atoms with Crippen LogP contribution in [0.5, 0.6) is 5.75 Å². The van der Waals surface area contributed by atoms with E-state index in [9.17, 15) is 10.1 Å². The quantitative estimate of drug-likeness (QED) is 0.406. The fourth-order valence-corrected chi connectivity index (χ4v) is 1.94. The molecule has 9 heteroatoms. The maximum absolute atomic E-state index is 11.2. The monoisotopic (exact) mass is 313 g/mol. The van der Waals surface area contributed by atoms with Crippen molar-refractivity contribution in [3.8, 4) is 17.1 Å². The molecule has 0 aliphatic rings. The summed E-state index contributed by atoms with van der Waals surface area (Å²) in [5, 5.41) is 22.5. The Bertz CT molecular complexity index is 854. The van der Waals surface area contributed by atoms with Crippen LogP contribution in [0.25, 0.3) is 11.3 Å². The van der Waals surface area contributed by atoms with Gasteiger partial charge in [-0.2, -0.15) is 5.10 Å². The van der Waals surface area contributed by atoms with Crippen LogP contribution >= 0.6 is 0 Å². The zero-order chi connectivity index (χ0) is 16.2. The minimum Gasteiger partial charge on any atom is -0.497 e. The van der Waals surface area contributed by atoms with E-state index in [-0.39, 0.29) is 5.69 Å². The molecule has 0 fully saturated rings. The van der Waals surface area contributed by atoms with Crippen molar-refractivity contribution in [2.45, 2.75) is 0 Å². The fraction of sp³-hybridized carbons (Fsp3) is 0.0714. The first-order chi connectivity index (χ1) is 11.2. The second kappa shape index (κ2) is 6.10. The molecule has 0 atom stereocenters. The van der Waals surface area contributed by atoms with E-state index in [1.54, 1.807) is 24.3 Å². The van der Waals surface area contributed by atoms with Crippen LogP contribution in [0.1, 0.15) is 5.76 Å². The lowest BCUT2D eigenvalue weighted by atomic mass is 10.1. The van der Waals surface area contributed by atoms with Crippen molar-refractivity contribution in [3.63, 3.8) is 0 Å². The number of nitro groups is 1. The molecule has 0 spiro atoms. The molecule has 0 aliphatic heterocycles. The highest BCUT2D eigenvalue weighted by Gasteiger charge is 2.19. The van der Waals surface area contributed by atoms with Crippen LogP contribution in [0, 0.1) is 10.1 Å². The molecule has 0 bridgehead atoms. The largest absolute Gasteiger partial charge is 0.497 e. The van der Waals surface area contributed by atoms with Crippen LogP contribution in [0.2, 0.25) is 0 Å². The average molecular weight is 313 g/mol. The first-order valence-corrected chi connectivity index (χ1v) is 6.49. The minimum absolute atomic E-state index is 0.0963. The smallest absolute Gasteiger partial charge is 0.284 e. The number of aromatic nitrogens is 3. The van der Waals surface area contributed by atoms with Crippen molar-refractivity contribution in [1.29, 1.82) is 0 Å². The normalized spacial score (nSPS) is 11.0. The lowest BCUT2D eigenvalue weighted by Gasteiger charge is -2.03. The van der Waals surface area contributed by atoms with Crippen LogP contribution in [0.15, 0.2) is 52.5 Å². The van der Waals surface area contributed by atoms with E-state index >= 15 is 0 Å². The number of hydrogen-bond donors (Lipinski definition) is 0. The molecule has 3 aromatic rings. The summed E-state index contributed by atoms with van der Waals surface area (Å²) in [4.78, 5) is 10.7. The van der Waals surface area contributed by atoms with E-state index in [1.807, 2.05) is 0 Å². The topological polar surface area (TPSA) is 109 Å². The highest BCUT2D eigenvalue weighted by atomic mass is 16.6. The molecule has 9 nitrogen and oxygen atoms in total. The number of ether oxygens (including phenoxy) is 1. The summed E-state index contributed by atoms with van der Waals surface area (Å²) in [5.41, 5.74) is 0.265. The molecule has 1 aromatic carbocycles. The Morgan fingerprint density at radius 2 is 2.09 bits per heavy atom. The molecule has 0 aliphatic carbocycles. The predicted molar refractivity (Wildman–Crippen MR) is 80.4 cm³/mol. The molecule has 0 saturated carbocycles. The van der Waals surface area contributed by atoms with Crippen molar-refractivity contribution in [3.05, 3.63) is 58.9 Å². The molecule has 116 valence electrons. The van der Waals surface area contributed by atoms with Gasteiger partial charge in [-0.1, -0.05) is 0 Å². The molecule has 23 heavy (non-hydrogen) atoms. The van der Waals surface area contributed by atoms with E-state index in [2.05, 4.69) is 15.3 Å². The van der Waals surface area contributed by atoms with Gasteiger partial charge in [0.1, 0.15) is 29.9 Å². The molecular weight excluding hydrogens is 302 g/mol. The summed E-state index contributed by atoms with van der Waals surface area (Å²) in [5.74, 6) is 1.21. The van der Waals surface area contributed by atoms with Gasteiger partial charge in [0.15, 0.2) is 0 Å². The Morgan fingerprint density at radius 3 is 2.78 bits per heavy atom. The maximum Gasteiger partial charge on any atom is 0.284 e. The van der Waals surface area contributed by atoms with Gasteiger partial charge in [0.25, 0.3) is 5.69 Å². The Hall–Kier alpha value is -3.49. The fourth-order valence-electron chi connectivity index (χ4n) is 1.94. The summed E-state index contributed by atoms with van der Waals surface area (Å²) in [6, 6.07) is 7.87. The number of nitrogens with zero attached hydrogens (tertiary/aromatic N) is 5. The van der Waals surface area contributed by atoms with E-state index in [1.165, 1.54) is 36.7 Å². The SMILES string of the molecule is COc1ccc(-c2ccc(C=Nn3cnnc3)o2)c([N+](=O)[O-])c1. The van der Waals surface area contributed by atoms with Gasteiger partial charge in [0.05, 0.1) is 29.9 Å². The third-order valence-corrected chi connectivity index (χ3v) is 3.02. The number of rotatable bonds is 5. The van der Waals surface area contributed by atoms with Crippen molar-refractivity contribution in [2.24, 2.45) is 5.10 Å². The third-order valence-electron chi connectivity index (χ3n) is 3.02. The van der Waals surface area contributed by atoms with Crippen LogP contribution in [-0.4, -0.2) is 33.1 Å². The number of nitro benzene ring substituents is 1. The Balaban J connectivity index is 1.92. The van der Waals surface area contributed by atoms with Crippen molar-refractivity contribution >= 4 is 11.9 Å². The van der Waals surface area contributed by atoms with Gasteiger partial charge in [-0.15, -0.1) is 10.2 Å². The predicted octanol–water partition coefficient (Wildman–Crippen LogP) is 2.34. The van der Waals surface area contributed by atoms with Gasteiger partial charge in [0.2, 0.25) is 0 Å². The van der Waals surface area contributed by atoms with Crippen LogP contribution in [-0.2, 0) is 0 Å². The summed E-state index contributed by atoms with van der Waals surface area (Å²) in [6.45, 7) is 0. The summed E-state index contributed by atoms with van der Waals surface area (Å²) in [6.07, 6.45) is 4.31. The first-order valence-electron chi connectivity index (χ1n) is 6.49. The summed E-state index contributed by atoms with van der Waals surface area (Å²) in [7, 11) is 1.45. The van der Waals surface area contributed by atoms with Crippen molar-refractivity contribution < 1.29 is 14.1 Å². The van der Waals surface area contributed by atoms with Crippen LogP contribution < -0.4 is 4.74 Å². The summed E-state index contributed by atoms with van der Waals surface area (Å²) >= 11 is 0. The Kier molecular flexibility index (Phi) is 3.83. The van der Waals surface area contributed by atoms with E-state index in [4.69, 9.17) is 9.15 Å². The standard InChI is InChI=1S/C14H11N5O4/c1-22-10-2-4-12(13(6-10)19(20)21)14-5-3-11(23-14)7-17-18-8-15-16-9-18/h2-9H,1H3. The molecule has 2 heterocycles. The maximum atomic E-state index is 11.2. The highest BCUT2D eigenvalue weighted by molar-refractivity contribution is 5.79. The number of hydrogen-bond acceptors (Lipinski definition) is 7. The molecular formula is C14H11N5O4. The number of furan rings is 1. The summed E-state index contributed by atoms with van der Waals surface area (Å²) < 4.78 is 12.0. The molecule has 0 N–H and O–H groups in total. The molecule has 0 unspecified atom stereocenters. The van der Waals surface area contributed by atoms with E-state index in [0.717, 1.165) is 0 Å². The molecule has 0 radical (unpaired) electrons. The Labute approximate surface area is 130 Å². The van der Waals surface area contributed by atoms with Gasteiger partial charge in [-0.3, -0.25) is 10.1 Å². The first kappa shape index (κ1) is 14.4. The minimum atomic E-state index is -0.481. The van der Waals surface area contributed by atoms with Crippen LogP contribution in [0.3, 0.4) is 0 Å². The third kappa shape index (κ3) is 3.07. The van der Waals surface area contributed by atoms with Crippen molar-refractivity contribution in [2.75, 3.05) is 7.11 Å². The van der Waals surface area contributed by atoms with E-state index < -0.39 is 4.92 Å². The second-order valence-corrected chi connectivity index (χ2v) is 4.43. The van der Waals surface area contributed by atoms with Crippen molar-refractivity contribution in [1.82, 2.24) is 14.9 Å². The van der Waals surface area contributed by atoms with Gasteiger partial charge >= 0.3 is 0 Å². The van der Waals surface area contributed by atoms with Crippen LogP contribution in [0.4, 0.5) is 5.69 Å². The zero-order valence-corrected chi connectivity index (χ0v) is 12.0. The van der Waals surface area contributed by atoms with E-state index in [0.29, 0.717) is 22.8 Å². The average Bonchev–Trinajstić information content (AvgIpc) is 3.23. The Morgan fingerprint density at radius 1 is 1.30 bits per heavy atom. The van der Waals surface area contributed by atoms with Gasteiger partial charge in [-0.25, -0.2) is 4.68 Å². The highest BCUT2D eigenvalue weighted by Crippen LogP contribution is 2.33. The molecule has 2 aromatic heterocycles. The molecule has 0 saturated heterocycles. The lowest BCUT2D eigenvalue weighted by Crippen LogP contribution is -1.93. The molecule has 0 amide bonds. The molecule has 3 rings (SSSR count).